The maximum atomic E-state index is 13.8. The Morgan fingerprint density at radius 2 is 1.85 bits per heavy atom. The Morgan fingerprint density at radius 3 is 2.44 bits per heavy atom. The summed E-state index contributed by atoms with van der Waals surface area (Å²) >= 11 is 1.56. The van der Waals surface area contributed by atoms with E-state index < -0.39 is 17.8 Å². The van der Waals surface area contributed by atoms with Gasteiger partial charge >= 0.3 is 0 Å². The van der Waals surface area contributed by atoms with Crippen LogP contribution in [0.2, 0.25) is 0 Å². The number of hydrogen-bond acceptors (Lipinski definition) is 4. The number of nitrogens with zero attached hydrogens (tertiary/aromatic N) is 1. The predicted molar refractivity (Wildman–Crippen MR) is 102 cm³/mol. The number of carbonyl (C=O) groups excluding carboxylic acids is 3. The quantitative estimate of drug-likeness (QED) is 0.725. The number of nitrogens with one attached hydrogen (secondary N) is 1. The molecule has 3 rings (SSSR count). The van der Waals surface area contributed by atoms with E-state index in [-0.39, 0.29) is 30.2 Å². The molecule has 3 amide bonds. The standard InChI is InChI=1S/C20H25FN2O3S/c1-27-11-10-17(18(24)22-12-13-6-2-5-9-16(13)21)23-19(25)14-7-3-4-8-15(14)20(23)26/h2,5-6,9,14-15,17H,3-4,7-8,10-12H2,1H3,(H,22,24)/t14-,15+,17-/m0/s1. The Hall–Kier alpha value is -1.89. The number of likely N-dealkylation sites (tertiary alicyclic amines) is 1. The second kappa shape index (κ2) is 8.87. The third kappa shape index (κ3) is 4.18. The molecule has 27 heavy (non-hydrogen) atoms. The van der Waals surface area contributed by atoms with Gasteiger partial charge in [-0.05, 0) is 37.3 Å². The van der Waals surface area contributed by atoms with Crippen LogP contribution >= 0.6 is 11.8 Å². The Balaban J connectivity index is 1.74. The van der Waals surface area contributed by atoms with Gasteiger partial charge in [-0.2, -0.15) is 11.8 Å². The third-order valence-corrected chi connectivity index (χ3v) is 6.14. The summed E-state index contributed by atoms with van der Waals surface area (Å²) < 4.78 is 13.8. The molecule has 1 aliphatic heterocycles. The summed E-state index contributed by atoms with van der Waals surface area (Å²) in [4.78, 5) is 39.7. The highest BCUT2D eigenvalue weighted by Gasteiger charge is 2.51. The number of halogens is 1. The Morgan fingerprint density at radius 1 is 1.22 bits per heavy atom. The molecule has 0 unspecified atom stereocenters. The molecule has 1 saturated heterocycles. The van der Waals surface area contributed by atoms with Crippen LogP contribution in [-0.2, 0) is 20.9 Å². The van der Waals surface area contributed by atoms with Crippen LogP contribution in [0.1, 0.15) is 37.7 Å². The highest BCUT2D eigenvalue weighted by molar-refractivity contribution is 7.98. The molecule has 3 atom stereocenters. The van der Waals surface area contributed by atoms with Gasteiger partial charge in [0, 0.05) is 12.1 Å². The van der Waals surface area contributed by atoms with E-state index >= 15 is 0 Å². The molecule has 1 heterocycles. The van der Waals surface area contributed by atoms with Gasteiger partial charge in [-0.3, -0.25) is 19.3 Å². The molecule has 146 valence electrons. The lowest BCUT2D eigenvalue weighted by atomic mass is 9.81. The molecule has 7 heteroatoms. The molecule has 5 nitrogen and oxygen atoms in total. The lowest BCUT2D eigenvalue weighted by Crippen LogP contribution is -2.50. The highest BCUT2D eigenvalue weighted by atomic mass is 32.2. The monoisotopic (exact) mass is 392 g/mol. The van der Waals surface area contributed by atoms with Crippen LogP contribution in [0.15, 0.2) is 24.3 Å². The summed E-state index contributed by atoms with van der Waals surface area (Å²) in [6.45, 7) is 0.0321. The SMILES string of the molecule is CSCC[C@@H](C(=O)NCc1ccccc1F)N1C(=O)[C@H]2CCCC[C@H]2C1=O. The molecule has 2 aliphatic rings. The number of carbonyl (C=O) groups is 3. The highest BCUT2D eigenvalue weighted by Crippen LogP contribution is 2.39. The first-order valence-corrected chi connectivity index (χ1v) is 10.8. The van der Waals surface area contributed by atoms with Gasteiger partial charge in [-0.25, -0.2) is 4.39 Å². The lowest BCUT2D eigenvalue weighted by Gasteiger charge is -2.26. The van der Waals surface area contributed by atoms with Crippen molar-refractivity contribution in [2.75, 3.05) is 12.0 Å². The largest absolute Gasteiger partial charge is 0.350 e. The molecule has 1 aromatic carbocycles. The van der Waals surface area contributed by atoms with Gasteiger partial charge in [0.25, 0.3) is 0 Å². The van der Waals surface area contributed by atoms with Gasteiger partial charge < -0.3 is 5.32 Å². The first-order valence-electron chi connectivity index (χ1n) is 9.41. The Bertz CT molecular complexity index is 703. The van der Waals surface area contributed by atoms with Crippen molar-refractivity contribution in [2.24, 2.45) is 11.8 Å². The van der Waals surface area contributed by atoms with Gasteiger partial charge in [0.05, 0.1) is 11.8 Å². The van der Waals surface area contributed by atoms with Crippen molar-refractivity contribution in [1.82, 2.24) is 10.2 Å². The summed E-state index contributed by atoms with van der Waals surface area (Å²) in [5.74, 6) is -1.10. The average Bonchev–Trinajstić information content (AvgIpc) is 2.93. The average molecular weight is 392 g/mol. The second-order valence-electron chi connectivity index (χ2n) is 7.15. The summed E-state index contributed by atoms with van der Waals surface area (Å²) in [6, 6.07) is 5.41. The van der Waals surface area contributed by atoms with Gasteiger partial charge in [0.1, 0.15) is 11.9 Å². The van der Waals surface area contributed by atoms with Gasteiger partial charge in [-0.15, -0.1) is 0 Å². The molecule has 1 saturated carbocycles. The number of thioether (sulfide) groups is 1. The molecule has 2 fully saturated rings. The fourth-order valence-electron chi connectivity index (χ4n) is 4.04. The minimum absolute atomic E-state index is 0.0321. The summed E-state index contributed by atoms with van der Waals surface area (Å²) in [5.41, 5.74) is 0.377. The normalized spacial score (nSPS) is 23.3. The van der Waals surface area contributed by atoms with Crippen LogP contribution in [0.25, 0.3) is 0 Å². The number of benzene rings is 1. The van der Waals surface area contributed by atoms with E-state index in [4.69, 9.17) is 0 Å². The number of fused-ring (bicyclic) bond motifs is 1. The summed E-state index contributed by atoms with van der Waals surface area (Å²) in [6.07, 6.45) is 5.66. The fourth-order valence-corrected chi connectivity index (χ4v) is 4.50. The molecule has 0 spiro atoms. The van der Waals surface area contributed by atoms with E-state index in [2.05, 4.69) is 5.32 Å². The molecule has 0 aromatic heterocycles. The van der Waals surface area contributed by atoms with Crippen molar-refractivity contribution in [1.29, 1.82) is 0 Å². The van der Waals surface area contributed by atoms with Crippen LogP contribution in [0.5, 0.6) is 0 Å². The summed E-state index contributed by atoms with van der Waals surface area (Å²) in [7, 11) is 0. The Kier molecular flexibility index (Phi) is 6.52. The number of rotatable bonds is 7. The van der Waals surface area contributed by atoms with Gasteiger partial charge in [0.2, 0.25) is 17.7 Å². The summed E-state index contributed by atoms with van der Waals surface area (Å²) in [5, 5.41) is 2.71. The molecule has 1 aromatic rings. The van der Waals surface area contributed by atoms with Crippen molar-refractivity contribution in [2.45, 2.75) is 44.7 Å². The van der Waals surface area contributed by atoms with Crippen LogP contribution in [0.4, 0.5) is 4.39 Å². The number of amides is 3. The molecule has 1 N–H and O–H groups in total. The van der Waals surface area contributed by atoms with E-state index in [9.17, 15) is 18.8 Å². The second-order valence-corrected chi connectivity index (χ2v) is 8.14. The van der Waals surface area contributed by atoms with Crippen molar-refractivity contribution >= 4 is 29.5 Å². The van der Waals surface area contributed by atoms with Crippen molar-refractivity contribution in [3.63, 3.8) is 0 Å². The van der Waals surface area contributed by atoms with Gasteiger partial charge in [0.15, 0.2) is 0 Å². The van der Waals surface area contributed by atoms with Crippen molar-refractivity contribution < 1.29 is 18.8 Å². The van der Waals surface area contributed by atoms with E-state index in [1.54, 1.807) is 30.0 Å². The zero-order valence-corrected chi connectivity index (χ0v) is 16.3. The zero-order chi connectivity index (χ0) is 19.4. The van der Waals surface area contributed by atoms with E-state index in [1.807, 2.05) is 6.26 Å². The number of hydrogen-bond donors (Lipinski definition) is 1. The van der Waals surface area contributed by atoms with Crippen LogP contribution in [0, 0.1) is 17.7 Å². The van der Waals surface area contributed by atoms with E-state index in [0.717, 1.165) is 25.7 Å². The topological polar surface area (TPSA) is 66.5 Å². The van der Waals surface area contributed by atoms with Crippen LogP contribution in [-0.4, -0.2) is 40.7 Å². The number of imide groups is 1. The van der Waals surface area contributed by atoms with E-state index in [0.29, 0.717) is 17.7 Å². The molecule has 0 radical (unpaired) electrons. The Labute approximate surface area is 163 Å². The van der Waals surface area contributed by atoms with Crippen LogP contribution in [0.3, 0.4) is 0 Å². The van der Waals surface area contributed by atoms with Crippen molar-refractivity contribution in [3.8, 4) is 0 Å². The maximum Gasteiger partial charge on any atom is 0.243 e. The van der Waals surface area contributed by atoms with Gasteiger partial charge in [-0.1, -0.05) is 31.0 Å². The van der Waals surface area contributed by atoms with Crippen LogP contribution < -0.4 is 5.32 Å². The molecule has 0 bridgehead atoms. The predicted octanol–water partition coefficient (Wildman–Crippen LogP) is 2.74. The third-order valence-electron chi connectivity index (χ3n) is 5.50. The first kappa shape index (κ1) is 19.9. The smallest absolute Gasteiger partial charge is 0.243 e. The molecule has 1 aliphatic carbocycles. The fraction of sp³-hybridized carbons (Fsp3) is 0.550. The maximum absolute atomic E-state index is 13.8. The minimum Gasteiger partial charge on any atom is -0.350 e. The lowest BCUT2D eigenvalue weighted by molar-refractivity contribution is -0.148. The first-order chi connectivity index (χ1) is 13.0. The minimum atomic E-state index is -0.824. The molecular weight excluding hydrogens is 367 g/mol. The zero-order valence-electron chi connectivity index (χ0n) is 15.4. The molecular formula is C20H25FN2O3S. The van der Waals surface area contributed by atoms with E-state index in [1.165, 1.54) is 11.0 Å². The van der Waals surface area contributed by atoms with Crippen molar-refractivity contribution in [3.05, 3.63) is 35.6 Å².